The number of carbonyl (C=O) groups excluding carboxylic acids is 2. The third kappa shape index (κ3) is 4.04. The van der Waals surface area contributed by atoms with Crippen molar-refractivity contribution in [3.05, 3.63) is 23.2 Å². The summed E-state index contributed by atoms with van der Waals surface area (Å²) in [7, 11) is -1.68. The van der Waals surface area contributed by atoms with E-state index in [9.17, 15) is 13.8 Å². The van der Waals surface area contributed by atoms with Crippen LogP contribution in [0.3, 0.4) is 0 Å². The number of hydrogen-bond donors (Lipinski definition) is 3. The Morgan fingerprint density at radius 1 is 1.41 bits per heavy atom. The van der Waals surface area contributed by atoms with Crippen molar-refractivity contribution in [2.24, 2.45) is 5.73 Å². The van der Waals surface area contributed by atoms with Crippen LogP contribution in [-0.4, -0.2) is 21.9 Å². The average Bonchev–Trinajstić information content (AvgIpc) is 2.20. The number of primary amides is 1. The Kier molecular flexibility index (Phi) is 4.47. The van der Waals surface area contributed by atoms with Crippen molar-refractivity contribution in [3.63, 3.8) is 0 Å². The molecule has 1 unspecified atom stereocenters. The van der Waals surface area contributed by atoms with Crippen LogP contribution in [0.2, 0.25) is 5.02 Å². The first-order valence-corrected chi connectivity index (χ1v) is 6.12. The number of nitrogens with two attached hydrogens (primary N) is 2. The second kappa shape index (κ2) is 5.65. The van der Waals surface area contributed by atoms with E-state index in [-0.39, 0.29) is 9.92 Å². The molecule has 0 aromatic heterocycles. The van der Waals surface area contributed by atoms with Gasteiger partial charge in [-0.05, 0) is 18.2 Å². The number of imide groups is 1. The van der Waals surface area contributed by atoms with Crippen LogP contribution in [0.1, 0.15) is 0 Å². The predicted octanol–water partition coefficient (Wildman–Crippen LogP) is 0.225. The zero-order chi connectivity index (χ0) is 13.0. The van der Waals surface area contributed by atoms with Crippen molar-refractivity contribution in [2.75, 3.05) is 11.5 Å². The summed E-state index contributed by atoms with van der Waals surface area (Å²) in [6, 6.07) is 3.45. The lowest BCUT2D eigenvalue weighted by atomic mass is 10.3. The van der Waals surface area contributed by atoms with Gasteiger partial charge in [0.15, 0.2) is 0 Å². The average molecular weight is 276 g/mol. The fourth-order valence-corrected chi connectivity index (χ4v) is 2.46. The molecule has 3 amide bonds. The van der Waals surface area contributed by atoms with Crippen LogP contribution in [-0.2, 0) is 15.6 Å². The number of hydrogen-bond acceptors (Lipinski definition) is 4. The maximum absolute atomic E-state index is 11.8. The van der Waals surface area contributed by atoms with Gasteiger partial charge in [-0.1, -0.05) is 11.6 Å². The summed E-state index contributed by atoms with van der Waals surface area (Å²) in [6.45, 7) is 0. The molecule has 0 bridgehead atoms. The lowest BCUT2D eigenvalue weighted by Gasteiger charge is -2.05. The van der Waals surface area contributed by atoms with E-state index < -0.39 is 28.5 Å². The van der Waals surface area contributed by atoms with Gasteiger partial charge in [-0.25, -0.2) is 4.79 Å². The standard InChI is InChI=1S/C9H10ClN3O3S/c10-6-2-1-5(11)3-7(6)17(16)4-8(14)13-9(12)15/h1-3H,4,11H2,(H3,12,13,14,15). The highest BCUT2D eigenvalue weighted by molar-refractivity contribution is 7.86. The number of anilines is 1. The Bertz CT molecular complexity index is 492. The van der Waals surface area contributed by atoms with Gasteiger partial charge in [0.25, 0.3) is 0 Å². The zero-order valence-electron chi connectivity index (χ0n) is 8.60. The van der Waals surface area contributed by atoms with Crippen LogP contribution < -0.4 is 16.8 Å². The SMILES string of the molecule is NC(=O)NC(=O)CS(=O)c1cc(N)ccc1Cl. The van der Waals surface area contributed by atoms with E-state index in [0.29, 0.717) is 5.69 Å². The van der Waals surface area contributed by atoms with Crippen LogP contribution in [0.25, 0.3) is 0 Å². The smallest absolute Gasteiger partial charge is 0.318 e. The Morgan fingerprint density at radius 3 is 2.65 bits per heavy atom. The molecular weight excluding hydrogens is 266 g/mol. The van der Waals surface area contributed by atoms with Crippen molar-refractivity contribution in [1.29, 1.82) is 0 Å². The molecular formula is C9H10ClN3O3S. The Morgan fingerprint density at radius 2 is 2.06 bits per heavy atom. The number of amides is 3. The molecule has 6 nitrogen and oxygen atoms in total. The van der Waals surface area contributed by atoms with Crippen LogP contribution in [0, 0.1) is 0 Å². The van der Waals surface area contributed by atoms with Gasteiger partial charge >= 0.3 is 6.03 Å². The van der Waals surface area contributed by atoms with E-state index in [1.54, 1.807) is 6.07 Å². The Hall–Kier alpha value is -1.60. The van der Waals surface area contributed by atoms with Crippen molar-refractivity contribution in [3.8, 4) is 0 Å². The molecule has 0 aliphatic heterocycles. The molecule has 1 atom stereocenters. The molecule has 0 saturated heterocycles. The summed E-state index contributed by atoms with van der Waals surface area (Å²) >= 11 is 5.81. The first kappa shape index (κ1) is 13.5. The third-order valence-electron chi connectivity index (χ3n) is 1.73. The largest absolute Gasteiger partial charge is 0.399 e. The van der Waals surface area contributed by atoms with Crippen LogP contribution >= 0.6 is 11.6 Å². The maximum Gasteiger partial charge on any atom is 0.318 e. The van der Waals surface area contributed by atoms with Gasteiger partial charge in [-0.15, -0.1) is 0 Å². The normalized spacial score (nSPS) is 11.8. The molecule has 0 saturated carbocycles. The molecule has 0 aliphatic carbocycles. The van der Waals surface area contributed by atoms with Gasteiger partial charge in [-0.2, -0.15) is 0 Å². The Labute approximate surface area is 105 Å². The van der Waals surface area contributed by atoms with Gasteiger partial charge in [0.1, 0.15) is 5.75 Å². The van der Waals surface area contributed by atoms with Crippen molar-refractivity contribution in [1.82, 2.24) is 5.32 Å². The predicted molar refractivity (Wildman–Crippen MR) is 64.9 cm³/mol. The monoisotopic (exact) mass is 275 g/mol. The second-order valence-corrected chi connectivity index (χ2v) is 4.92. The summed E-state index contributed by atoms with van der Waals surface area (Å²) in [5.41, 5.74) is 10.6. The van der Waals surface area contributed by atoms with E-state index in [4.69, 9.17) is 23.1 Å². The van der Waals surface area contributed by atoms with Gasteiger partial charge in [-0.3, -0.25) is 14.3 Å². The van der Waals surface area contributed by atoms with Crippen molar-refractivity contribution < 1.29 is 13.8 Å². The van der Waals surface area contributed by atoms with Gasteiger partial charge < -0.3 is 11.5 Å². The molecule has 0 heterocycles. The number of urea groups is 1. The van der Waals surface area contributed by atoms with E-state index in [1.807, 2.05) is 5.32 Å². The summed E-state index contributed by atoms with van der Waals surface area (Å²) < 4.78 is 11.8. The van der Waals surface area contributed by atoms with Crippen molar-refractivity contribution in [2.45, 2.75) is 4.90 Å². The minimum atomic E-state index is -1.68. The molecule has 8 heteroatoms. The first-order chi connectivity index (χ1) is 7.90. The van der Waals surface area contributed by atoms with Crippen LogP contribution in [0.4, 0.5) is 10.5 Å². The van der Waals surface area contributed by atoms with Crippen LogP contribution in [0.5, 0.6) is 0 Å². The number of carbonyl (C=O) groups is 2. The Balaban J connectivity index is 2.80. The molecule has 1 aromatic rings. The number of nitrogens with one attached hydrogen (secondary N) is 1. The summed E-state index contributed by atoms with van der Waals surface area (Å²) in [4.78, 5) is 21.8. The third-order valence-corrected chi connectivity index (χ3v) is 3.52. The minimum absolute atomic E-state index is 0.240. The molecule has 1 rings (SSSR count). The lowest BCUT2D eigenvalue weighted by Crippen LogP contribution is -2.37. The fourth-order valence-electron chi connectivity index (χ4n) is 1.06. The van der Waals surface area contributed by atoms with E-state index in [1.165, 1.54) is 12.1 Å². The van der Waals surface area contributed by atoms with Gasteiger partial charge in [0, 0.05) is 5.69 Å². The fraction of sp³-hybridized carbons (Fsp3) is 0.111. The highest BCUT2D eigenvalue weighted by Crippen LogP contribution is 2.22. The molecule has 0 aliphatic rings. The van der Waals surface area contributed by atoms with E-state index >= 15 is 0 Å². The van der Waals surface area contributed by atoms with Crippen LogP contribution in [0.15, 0.2) is 23.1 Å². The number of nitrogen functional groups attached to an aromatic ring is 1. The second-order valence-electron chi connectivity index (χ2n) is 3.09. The maximum atomic E-state index is 11.8. The molecule has 5 N–H and O–H groups in total. The van der Waals surface area contributed by atoms with Gasteiger partial charge in [0.2, 0.25) is 5.91 Å². The van der Waals surface area contributed by atoms with Gasteiger partial charge in [0.05, 0.1) is 20.7 Å². The first-order valence-electron chi connectivity index (χ1n) is 4.43. The number of rotatable bonds is 3. The van der Waals surface area contributed by atoms with E-state index in [0.717, 1.165) is 0 Å². The molecule has 0 spiro atoms. The number of benzene rings is 1. The highest BCUT2D eigenvalue weighted by atomic mass is 35.5. The summed E-state index contributed by atoms with van der Waals surface area (Å²) in [5, 5.41) is 2.05. The molecule has 17 heavy (non-hydrogen) atoms. The highest BCUT2D eigenvalue weighted by Gasteiger charge is 2.14. The summed E-state index contributed by atoms with van der Waals surface area (Å²) in [6.07, 6.45) is 0. The minimum Gasteiger partial charge on any atom is -0.399 e. The quantitative estimate of drug-likeness (QED) is 0.685. The van der Waals surface area contributed by atoms with Crippen molar-refractivity contribution >= 4 is 40.0 Å². The summed E-state index contributed by atoms with van der Waals surface area (Å²) in [5.74, 6) is -1.15. The van der Waals surface area contributed by atoms with E-state index in [2.05, 4.69) is 0 Å². The topological polar surface area (TPSA) is 115 Å². The molecule has 0 fully saturated rings. The lowest BCUT2D eigenvalue weighted by molar-refractivity contribution is -0.117. The molecule has 92 valence electrons. The zero-order valence-corrected chi connectivity index (χ0v) is 10.2. The molecule has 1 aromatic carbocycles. The number of halogens is 1. The molecule has 0 radical (unpaired) electrons.